The van der Waals surface area contributed by atoms with Gasteiger partial charge in [-0.2, -0.15) is 4.98 Å². The number of hydrogen-bond acceptors (Lipinski definition) is 5. The van der Waals surface area contributed by atoms with Crippen LogP contribution in [0.5, 0.6) is 0 Å². The number of nitrogens with zero attached hydrogens (tertiary/aromatic N) is 3. The average Bonchev–Trinajstić information content (AvgIpc) is 2.98. The predicted molar refractivity (Wildman–Crippen MR) is 62.9 cm³/mol. The third-order valence-corrected chi connectivity index (χ3v) is 2.73. The van der Waals surface area contributed by atoms with Crippen LogP contribution in [-0.4, -0.2) is 30.8 Å². The number of fused-ring (bicyclic) bond motifs is 1. The third-order valence-electron chi connectivity index (χ3n) is 2.73. The van der Waals surface area contributed by atoms with Crippen molar-refractivity contribution in [3.8, 4) is 0 Å². The number of rotatable bonds is 3. The van der Waals surface area contributed by atoms with Gasteiger partial charge in [0.05, 0.1) is 23.1 Å². The molecule has 0 spiro atoms. The van der Waals surface area contributed by atoms with Gasteiger partial charge in [0, 0.05) is 0 Å². The minimum absolute atomic E-state index is 0.0411. The lowest BCUT2D eigenvalue weighted by atomic mass is 10.2. The lowest BCUT2D eigenvalue weighted by Crippen LogP contribution is -2.19. The summed E-state index contributed by atoms with van der Waals surface area (Å²) in [6, 6.07) is 4.64. The van der Waals surface area contributed by atoms with E-state index in [-0.39, 0.29) is 12.1 Å². The van der Waals surface area contributed by atoms with E-state index in [0.29, 0.717) is 16.9 Å². The van der Waals surface area contributed by atoms with Crippen LogP contribution in [0, 0.1) is 0 Å². The zero-order valence-electron chi connectivity index (χ0n) is 9.53. The van der Waals surface area contributed by atoms with E-state index >= 15 is 0 Å². The fourth-order valence-corrected chi connectivity index (χ4v) is 1.95. The Hall–Kier alpha value is -2.90. The summed E-state index contributed by atoms with van der Waals surface area (Å²) < 4.78 is 5.86. The molecule has 8 nitrogen and oxygen atoms in total. The first-order valence-electron chi connectivity index (χ1n) is 5.37. The maximum Gasteiger partial charge on any atom is 0.337 e. The fourth-order valence-electron chi connectivity index (χ4n) is 1.95. The van der Waals surface area contributed by atoms with Gasteiger partial charge in [0.1, 0.15) is 0 Å². The Labute approximate surface area is 105 Å². The normalized spacial score (nSPS) is 10.9. The molecule has 0 aliphatic carbocycles. The highest BCUT2D eigenvalue weighted by Gasteiger charge is 2.16. The zero-order valence-corrected chi connectivity index (χ0v) is 9.53. The first-order valence-corrected chi connectivity index (χ1v) is 5.37. The van der Waals surface area contributed by atoms with Crippen molar-refractivity contribution in [1.29, 1.82) is 0 Å². The topological polar surface area (TPSA) is 114 Å². The number of para-hydroxylation sites is 1. The summed E-state index contributed by atoms with van der Waals surface area (Å²) in [6.45, 7) is 0.0413. The first-order chi connectivity index (χ1) is 9.16. The van der Waals surface area contributed by atoms with Crippen LogP contribution in [0.1, 0.15) is 16.2 Å². The molecule has 2 heterocycles. The molecule has 0 radical (unpaired) electrons. The van der Waals surface area contributed by atoms with E-state index in [1.54, 1.807) is 12.1 Å². The van der Waals surface area contributed by atoms with Gasteiger partial charge in [0.15, 0.2) is 5.82 Å². The minimum Gasteiger partial charge on any atom is -0.478 e. The molecular weight excluding hydrogens is 252 g/mol. The van der Waals surface area contributed by atoms with Gasteiger partial charge in [0.25, 0.3) is 0 Å². The Bertz CT molecular complexity index is 800. The van der Waals surface area contributed by atoms with Crippen molar-refractivity contribution in [1.82, 2.24) is 19.7 Å². The molecule has 0 aliphatic heterocycles. The van der Waals surface area contributed by atoms with Gasteiger partial charge in [0.2, 0.25) is 6.39 Å². The standard InChI is InChI=1S/C11H8N4O4/c16-10(17)6-2-1-3-7-9(6)15(11(18)13-7)4-8-12-5-19-14-8/h1-3,5H,4H2,(H,13,18)(H,16,17). The van der Waals surface area contributed by atoms with Crippen LogP contribution in [0.3, 0.4) is 0 Å². The quantitative estimate of drug-likeness (QED) is 0.707. The number of aromatic carboxylic acids is 1. The lowest BCUT2D eigenvalue weighted by Gasteiger charge is -2.02. The lowest BCUT2D eigenvalue weighted by molar-refractivity contribution is 0.0698. The number of carbonyl (C=O) groups is 1. The molecule has 0 amide bonds. The second-order valence-electron chi connectivity index (χ2n) is 3.87. The second kappa shape index (κ2) is 4.09. The summed E-state index contributed by atoms with van der Waals surface area (Å²) in [4.78, 5) is 29.5. The summed E-state index contributed by atoms with van der Waals surface area (Å²) in [6.07, 6.45) is 1.15. The number of nitrogens with one attached hydrogen (secondary N) is 1. The van der Waals surface area contributed by atoms with Crippen molar-refractivity contribution < 1.29 is 14.4 Å². The number of H-pyrrole nitrogens is 1. The number of aromatic nitrogens is 4. The molecule has 0 unspecified atom stereocenters. The highest BCUT2D eigenvalue weighted by Crippen LogP contribution is 2.16. The predicted octanol–water partition coefficient (Wildman–Crippen LogP) is 0.459. The number of benzene rings is 1. The van der Waals surface area contributed by atoms with Crippen molar-refractivity contribution in [3.05, 3.63) is 46.5 Å². The van der Waals surface area contributed by atoms with Crippen LogP contribution in [-0.2, 0) is 6.54 Å². The molecule has 0 bridgehead atoms. The molecule has 8 heteroatoms. The summed E-state index contributed by atoms with van der Waals surface area (Å²) in [5.74, 6) is -0.811. The van der Waals surface area contributed by atoms with Gasteiger partial charge in [-0.15, -0.1) is 0 Å². The molecule has 0 aliphatic rings. The molecule has 2 aromatic heterocycles. The molecule has 19 heavy (non-hydrogen) atoms. The summed E-state index contributed by atoms with van der Waals surface area (Å²) >= 11 is 0. The van der Waals surface area contributed by atoms with E-state index in [2.05, 4.69) is 19.6 Å². The van der Waals surface area contributed by atoms with Crippen LogP contribution in [0.15, 0.2) is 33.9 Å². The molecule has 0 fully saturated rings. The van der Waals surface area contributed by atoms with Crippen LogP contribution < -0.4 is 5.69 Å². The van der Waals surface area contributed by atoms with Crippen LogP contribution in [0.25, 0.3) is 11.0 Å². The molecule has 0 saturated heterocycles. The molecule has 1 aromatic carbocycles. The molecule has 2 N–H and O–H groups in total. The van der Waals surface area contributed by atoms with Gasteiger partial charge in [-0.3, -0.25) is 4.57 Å². The maximum atomic E-state index is 11.9. The first kappa shape index (κ1) is 11.2. The van der Waals surface area contributed by atoms with E-state index in [4.69, 9.17) is 5.11 Å². The summed E-state index contributed by atoms with van der Waals surface area (Å²) in [5.41, 5.74) is 0.381. The molecule has 3 aromatic rings. The second-order valence-corrected chi connectivity index (χ2v) is 3.87. The van der Waals surface area contributed by atoms with E-state index in [1.165, 1.54) is 10.6 Å². The number of hydrogen-bond donors (Lipinski definition) is 2. The molecule has 3 rings (SSSR count). The van der Waals surface area contributed by atoms with Crippen LogP contribution in [0.4, 0.5) is 0 Å². The fraction of sp³-hybridized carbons (Fsp3) is 0.0909. The Kier molecular flexibility index (Phi) is 2.41. The highest BCUT2D eigenvalue weighted by atomic mass is 16.5. The highest BCUT2D eigenvalue weighted by molar-refractivity contribution is 6.01. The van der Waals surface area contributed by atoms with E-state index < -0.39 is 11.7 Å². The summed E-state index contributed by atoms with van der Waals surface area (Å²) in [5, 5.41) is 12.8. The maximum absolute atomic E-state index is 11.9. The van der Waals surface area contributed by atoms with E-state index in [9.17, 15) is 9.59 Å². The smallest absolute Gasteiger partial charge is 0.337 e. The molecular formula is C11H8N4O4. The molecule has 96 valence electrons. The van der Waals surface area contributed by atoms with E-state index in [0.717, 1.165) is 6.39 Å². The summed E-state index contributed by atoms with van der Waals surface area (Å²) in [7, 11) is 0. The number of carboxylic acids is 1. The van der Waals surface area contributed by atoms with Gasteiger partial charge < -0.3 is 14.6 Å². The van der Waals surface area contributed by atoms with Crippen molar-refractivity contribution in [3.63, 3.8) is 0 Å². The molecule has 0 atom stereocenters. The van der Waals surface area contributed by atoms with Crippen molar-refractivity contribution in [2.75, 3.05) is 0 Å². The van der Waals surface area contributed by atoms with Crippen LogP contribution >= 0.6 is 0 Å². The number of imidazole rings is 1. The Morgan fingerprint density at radius 1 is 1.47 bits per heavy atom. The Balaban J connectivity index is 2.25. The van der Waals surface area contributed by atoms with Crippen LogP contribution in [0.2, 0.25) is 0 Å². The van der Waals surface area contributed by atoms with Gasteiger partial charge in [-0.1, -0.05) is 11.2 Å². The monoisotopic (exact) mass is 260 g/mol. The van der Waals surface area contributed by atoms with Gasteiger partial charge in [-0.05, 0) is 12.1 Å². The third kappa shape index (κ3) is 1.79. The van der Waals surface area contributed by atoms with Crippen molar-refractivity contribution >= 4 is 17.0 Å². The van der Waals surface area contributed by atoms with Gasteiger partial charge in [-0.25, -0.2) is 9.59 Å². The van der Waals surface area contributed by atoms with Gasteiger partial charge >= 0.3 is 11.7 Å². The minimum atomic E-state index is -1.11. The van der Waals surface area contributed by atoms with Crippen molar-refractivity contribution in [2.24, 2.45) is 0 Å². The molecule has 0 saturated carbocycles. The van der Waals surface area contributed by atoms with E-state index in [1.807, 2.05) is 0 Å². The zero-order chi connectivity index (χ0) is 13.4. The number of aromatic amines is 1. The van der Waals surface area contributed by atoms with Crippen molar-refractivity contribution in [2.45, 2.75) is 6.54 Å². The largest absolute Gasteiger partial charge is 0.478 e. The average molecular weight is 260 g/mol. The Morgan fingerprint density at radius 2 is 2.32 bits per heavy atom. The SMILES string of the molecule is O=C(O)c1cccc2[nH]c(=O)n(Cc3ncon3)c12. The number of carboxylic acid groups (broad SMARTS) is 1. The Morgan fingerprint density at radius 3 is 3.00 bits per heavy atom.